The van der Waals surface area contributed by atoms with Crippen LogP contribution in [-0.2, 0) is 19.9 Å². The molecule has 19 heavy (non-hydrogen) atoms. The third kappa shape index (κ3) is 3.22. The minimum absolute atomic E-state index is 0.0347. The second-order valence-corrected chi connectivity index (χ2v) is 6.87. The topological polar surface area (TPSA) is 43.8 Å². The third-order valence-corrected chi connectivity index (χ3v) is 5.62. The van der Waals surface area contributed by atoms with Crippen molar-refractivity contribution in [3.8, 4) is 0 Å². The van der Waals surface area contributed by atoms with Crippen molar-refractivity contribution in [3.05, 3.63) is 15.9 Å². The first-order valence-corrected chi connectivity index (χ1v) is 8.27. The van der Waals surface area contributed by atoms with E-state index in [-0.39, 0.29) is 5.54 Å². The Hall–Kier alpha value is -0.350. The Bertz CT molecular complexity index is 431. The highest BCUT2D eigenvalue weighted by Gasteiger charge is 2.33. The van der Waals surface area contributed by atoms with Gasteiger partial charge in [0.15, 0.2) is 0 Å². The van der Waals surface area contributed by atoms with E-state index in [0.717, 1.165) is 37.3 Å². The van der Waals surface area contributed by atoms with Gasteiger partial charge in [-0.25, -0.2) is 0 Å². The molecule has 1 fully saturated rings. The summed E-state index contributed by atoms with van der Waals surface area (Å²) in [6.07, 6.45) is 8.05. The molecular formula is C15H26BrN3. The van der Waals surface area contributed by atoms with Crippen LogP contribution in [0.2, 0.25) is 0 Å². The van der Waals surface area contributed by atoms with E-state index in [9.17, 15) is 0 Å². The lowest BCUT2D eigenvalue weighted by atomic mass is 9.74. The van der Waals surface area contributed by atoms with Crippen molar-refractivity contribution >= 4 is 15.9 Å². The minimum atomic E-state index is -0.0347. The second-order valence-electron chi connectivity index (χ2n) is 6.08. The van der Waals surface area contributed by atoms with Crippen molar-refractivity contribution in [3.63, 3.8) is 0 Å². The fourth-order valence-corrected chi connectivity index (χ4v) is 3.94. The van der Waals surface area contributed by atoms with Crippen LogP contribution in [0.1, 0.15) is 57.3 Å². The maximum absolute atomic E-state index is 6.63. The zero-order valence-corrected chi connectivity index (χ0v) is 14.0. The molecule has 1 aromatic rings. The Morgan fingerprint density at radius 2 is 2.00 bits per heavy atom. The van der Waals surface area contributed by atoms with Crippen LogP contribution in [0.25, 0.3) is 0 Å². The summed E-state index contributed by atoms with van der Waals surface area (Å²) in [5.41, 5.74) is 9.00. The van der Waals surface area contributed by atoms with Gasteiger partial charge in [-0.3, -0.25) is 4.68 Å². The largest absolute Gasteiger partial charge is 0.325 e. The number of rotatable bonds is 4. The summed E-state index contributed by atoms with van der Waals surface area (Å²) in [5.74, 6) is 0.887. The van der Waals surface area contributed by atoms with Gasteiger partial charge < -0.3 is 5.73 Å². The van der Waals surface area contributed by atoms with E-state index in [1.807, 2.05) is 11.7 Å². The van der Waals surface area contributed by atoms with E-state index in [1.54, 1.807) is 0 Å². The molecule has 2 N–H and O–H groups in total. The molecule has 1 aliphatic carbocycles. The van der Waals surface area contributed by atoms with Crippen LogP contribution in [0, 0.1) is 5.92 Å². The Morgan fingerprint density at radius 3 is 2.47 bits per heavy atom. The molecule has 0 unspecified atom stereocenters. The summed E-state index contributed by atoms with van der Waals surface area (Å²) in [6, 6.07) is 0. The number of nitrogens with zero attached hydrogens (tertiary/aromatic N) is 2. The Kier molecular flexibility index (Phi) is 4.72. The van der Waals surface area contributed by atoms with Gasteiger partial charge in [0.2, 0.25) is 0 Å². The molecule has 2 rings (SSSR count). The van der Waals surface area contributed by atoms with Crippen LogP contribution in [0.3, 0.4) is 0 Å². The maximum Gasteiger partial charge on any atom is 0.0766 e. The van der Waals surface area contributed by atoms with Crippen LogP contribution in [0.4, 0.5) is 0 Å². The lowest BCUT2D eigenvalue weighted by Gasteiger charge is -2.37. The Balaban J connectivity index is 2.11. The van der Waals surface area contributed by atoms with Gasteiger partial charge >= 0.3 is 0 Å². The van der Waals surface area contributed by atoms with Gasteiger partial charge in [-0.15, -0.1) is 0 Å². The smallest absolute Gasteiger partial charge is 0.0766 e. The van der Waals surface area contributed by atoms with E-state index in [2.05, 4.69) is 34.9 Å². The van der Waals surface area contributed by atoms with Crippen LogP contribution in [-0.4, -0.2) is 15.3 Å². The predicted molar refractivity (Wildman–Crippen MR) is 83.2 cm³/mol. The standard InChI is InChI=1S/C15H26BrN3/c1-4-11-6-8-15(17,9-7-11)10-13-14(16)12(5-2)18-19(13)3/h11H,4-10,17H2,1-3H3. The maximum atomic E-state index is 6.63. The molecule has 0 aromatic carbocycles. The fourth-order valence-electron chi connectivity index (χ4n) is 3.18. The first-order valence-electron chi connectivity index (χ1n) is 7.48. The zero-order valence-electron chi connectivity index (χ0n) is 12.4. The highest BCUT2D eigenvalue weighted by molar-refractivity contribution is 9.10. The van der Waals surface area contributed by atoms with Crippen LogP contribution in [0.15, 0.2) is 4.47 Å². The number of hydrogen-bond donors (Lipinski definition) is 1. The summed E-state index contributed by atoms with van der Waals surface area (Å²) in [5, 5.41) is 4.57. The molecule has 0 bridgehead atoms. The molecule has 4 heteroatoms. The normalized spacial score (nSPS) is 27.7. The fraction of sp³-hybridized carbons (Fsp3) is 0.800. The molecule has 0 atom stereocenters. The van der Waals surface area contributed by atoms with Gasteiger partial charge in [0.25, 0.3) is 0 Å². The zero-order chi connectivity index (χ0) is 14.0. The molecule has 1 saturated carbocycles. The average molecular weight is 328 g/mol. The molecule has 0 saturated heterocycles. The lowest BCUT2D eigenvalue weighted by molar-refractivity contribution is 0.225. The van der Waals surface area contributed by atoms with Gasteiger partial charge in [-0.05, 0) is 54.0 Å². The van der Waals surface area contributed by atoms with Crippen molar-refractivity contribution in [2.24, 2.45) is 18.7 Å². The molecule has 1 aliphatic rings. The number of nitrogens with two attached hydrogens (primary N) is 1. The number of aromatic nitrogens is 2. The Labute approximate surface area is 125 Å². The second kappa shape index (κ2) is 5.96. The molecule has 3 nitrogen and oxygen atoms in total. The van der Waals surface area contributed by atoms with Crippen molar-refractivity contribution in [2.75, 3.05) is 0 Å². The quantitative estimate of drug-likeness (QED) is 0.918. The minimum Gasteiger partial charge on any atom is -0.325 e. The molecule has 108 valence electrons. The molecule has 0 radical (unpaired) electrons. The molecular weight excluding hydrogens is 302 g/mol. The van der Waals surface area contributed by atoms with Gasteiger partial charge in [-0.1, -0.05) is 20.3 Å². The van der Waals surface area contributed by atoms with Crippen molar-refractivity contribution in [1.29, 1.82) is 0 Å². The predicted octanol–water partition coefficient (Wildman–Crippen LogP) is 3.59. The average Bonchev–Trinajstić information content (AvgIpc) is 2.67. The van der Waals surface area contributed by atoms with Gasteiger partial charge in [0.1, 0.15) is 0 Å². The third-order valence-electron chi connectivity index (χ3n) is 4.70. The SMILES string of the molecule is CCc1nn(C)c(CC2(N)CCC(CC)CC2)c1Br. The lowest BCUT2D eigenvalue weighted by Crippen LogP contribution is -2.45. The number of halogens is 1. The van der Waals surface area contributed by atoms with E-state index in [4.69, 9.17) is 5.73 Å². The van der Waals surface area contributed by atoms with E-state index in [1.165, 1.54) is 29.4 Å². The molecule has 1 aromatic heterocycles. The summed E-state index contributed by atoms with van der Waals surface area (Å²) in [6.45, 7) is 4.43. The summed E-state index contributed by atoms with van der Waals surface area (Å²) < 4.78 is 3.17. The number of aryl methyl sites for hydroxylation is 2. The van der Waals surface area contributed by atoms with Gasteiger partial charge in [0.05, 0.1) is 15.9 Å². The first-order chi connectivity index (χ1) is 8.99. The highest BCUT2D eigenvalue weighted by Crippen LogP contribution is 2.35. The van der Waals surface area contributed by atoms with Crippen molar-refractivity contribution in [1.82, 2.24) is 9.78 Å². The van der Waals surface area contributed by atoms with E-state index in [0.29, 0.717) is 0 Å². The summed E-state index contributed by atoms with van der Waals surface area (Å²) in [7, 11) is 2.03. The number of hydrogen-bond acceptors (Lipinski definition) is 2. The van der Waals surface area contributed by atoms with Gasteiger partial charge in [-0.2, -0.15) is 5.10 Å². The monoisotopic (exact) mass is 327 g/mol. The van der Waals surface area contributed by atoms with Crippen molar-refractivity contribution in [2.45, 2.75) is 64.3 Å². The molecule has 0 aliphatic heterocycles. The van der Waals surface area contributed by atoms with Crippen LogP contribution in [0.5, 0.6) is 0 Å². The van der Waals surface area contributed by atoms with Crippen LogP contribution < -0.4 is 5.73 Å². The van der Waals surface area contributed by atoms with E-state index < -0.39 is 0 Å². The Morgan fingerprint density at radius 1 is 1.37 bits per heavy atom. The molecule has 1 heterocycles. The molecule has 0 spiro atoms. The van der Waals surface area contributed by atoms with Crippen molar-refractivity contribution < 1.29 is 0 Å². The molecule has 0 amide bonds. The van der Waals surface area contributed by atoms with Gasteiger partial charge in [0, 0.05) is 19.0 Å². The first kappa shape index (κ1) is 15.0. The summed E-state index contributed by atoms with van der Waals surface area (Å²) in [4.78, 5) is 0. The highest BCUT2D eigenvalue weighted by atomic mass is 79.9. The summed E-state index contributed by atoms with van der Waals surface area (Å²) >= 11 is 3.70. The van der Waals surface area contributed by atoms with Crippen LogP contribution >= 0.6 is 15.9 Å². The van der Waals surface area contributed by atoms with E-state index >= 15 is 0 Å².